The molecule has 124 valence electrons. The maximum atomic E-state index is 5.97. The average molecular weight is 465 g/mol. The molecule has 2 rings (SSSR count). The first-order chi connectivity index (χ1) is 10.7. The summed E-state index contributed by atoms with van der Waals surface area (Å²) in [6, 6.07) is 11.5. The third-order valence-corrected chi connectivity index (χ3v) is 3.53. The average Bonchev–Trinajstić information content (AvgIpc) is 2.52. The molecule has 0 aliphatic carbocycles. The van der Waals surface area contributed by atoms with E-state index in [1.165, 1.54) is 0 Å². The number of rotatable bonds is 5. The summed E-state index contributed by atoms with van der Waals surface area (Å²) in [5, 5.41) is 7.76. The fourth-order valence-electron chi connectivity index (χ4n) is 1.93. The molecule has 0 atom stereocenters. The van der Waals surface area contributed by atoms with Crippen LogP contribution in [0, 0.1) is 0 Å². The molecule has 0 amide bonds. The molecule has 4 nitrogen and oxygen atoms in total. The Labute approximate surface area is 163 Å². The third-order valence-electron chi connectivity index (χ3n) is 3.07. The van der Waals surface area contributed by atoms with Crippen molar-refractivity contribution in [2.45, 2.75) is 13.0 Å². The van der Waals surface area contributed by atoms with Gasteiger partial charge < -0.3 is 10.6 Å². The minimum absolute atomic E-state index is 0. The topological polar surface area (TPSA) is 49.3 Å². The van der Waals surface area contributed by atoms with Crippen molar-refractivity contribution in [3.63, 3.8) is 0 Å². The molecule has 0 aliphatic heterocycles. The van der Waals surface area contributed by atoms with Crippen molar-refractivity contribution in [3.05, 3.63) is 63.9 Å². The van der Waals surface area contributed by atoms with Gasteiger partial charge in [-0.1, -0.05) is 41.4 Å². The Morgan fingerprint density at radius 3 is 2.61 bits per heavy atom. The van der Waals surface area contributed by atoms with E-state index >= 15 is 0 Å². The van der Waals surface area contributed by atoms with Gasteiger partial charge in [0.25, 0.3) is 0 Å². The Hall–Kier alpha value is -1.05. The zero-order chi connectivity index (χ0) is 15.8. The zero-order valence-electron chi connectivity index (χ0n) is 12.7. The van der Waals surface area contributed by atoms with E-state index in [1.807, 2.05) is 30.3 Å². The number of hydrogen-bond acceptors (Lipinski definition) is 2. The lowest BCUT2D eigenvalue weighted by molar-refractivity contribution is 0.793. The molecule has 2 aromatic rings. The highest BCUT2D eigenvalue weighted by Gasteiger charge is 2.00. The summed E-state index contributed by atoms with van der Waals surface area (Å²) in [5.74, 6) is 0.752. The molecule has 0 saturated heterocycles. The Morgan fingerprint density at radius 1 is 1.13 bits per heavy atom. The summed E-state index contributed by atoms with van der Waals surface area (Å²) in [7, 11) is 1.75. The summed E-state index contributed by atoms with van der Waals surface area (Å²) in [6.07, 6.45) is 2.63. The maximum absolute atomic E-state index is 5.97. The Bertz CT molecular complexity index is 632. The predicted molar refractivity (Wildman–Crippen MR) is 108 cm³/mol. The summed E-state index contributed by atoms with van der Waals surface area (Å²) in [4.78, 5) is 8.26. The Morgan fingerprint density at radius 2 is 1.96 bits per heavy atom. The van der Waals surface area contributed by atoms with Gasteiger partial charge in [-0.3, -0.25) is 4.99 Å². The molecule has 0 bridgehead atoms. The quantitative estimate of drug-likeness (QED) is 0.305. The van der Waals surface area contributed by atoms with Crippen molar-refractivity contribution < 1.29 is 0 Å². The normalized spacial score (nSPS) is 10.8. The van der Waals surface area contributed by atoms with Gasteiger partial charge in [0.15, 0.2) is 5.96 Å². The number of nitrogens with zero attached hydrogens (tertiary/aromatic N) is 2. The minimum atomic E-state index is 0. The van der Waals surface area contributed by atoms with Crippen molar-refractivity contribution in [2.24, 2.45) is 4.99 Å². The van der Waals surface area contributed by atoms with Crippen molar-refractivity contribution in [1.29, 1.82) is 0 Å². The first kappa shape index (κ1) is 20.0. The summed E-state index contributed by atoms with van der Waals surface area (Å²) < 4.78 is 0. The van der Waals surface area contributed by atoms with E-state index in [9.17, 15) is 0 Å². The summed E-state index contributed by atoms with van der Waals surface area (Å²) >= 11 is 11.7. The summed E-state index contributed by atoms with van der Waals surface area (Å²) in [5.41, 5.74) is 2.24. The number of aliphatic imine (C=N–C) groups is 1. The van der Waals surface area contributed by atoms with Gasteiger partial charge in [-0.25, -0.2) is 4.98 Å². The first-order valence-corrected chi connectivity index (χ1v) is 7.72. The molecule has 0 spiro atoms. The van der Waals surface area contributed by atoms with Gasteiger partial charge in [-0.2, -0.15) is 0 Å². The fraction of sp³-hybridized carbons (Fsp3) is 0.250. The Kier molecular flexibility index (Phi) is 9.28. The van der Waals surface area contributed by atoms with Crippen LogP contribution in [0.2, 0.25) is 10.2 Å². The van der Waals surface area contributed by atoms with Crippen LogP contribution in [0.3, 0.4) is 0 Å². The summed E-state index contributed by atoms with van der Waals surface area (Å²) in [6.45, 7) is 1.43. The second kappa shape index (κ2) is 10.7. The van der Waals surface area contributed by atoms with E-state index in [0.29, 0.717) is 11.7 Å². The van der Waals surface area contributed by atoms with Crippen LogP contribution in [0.5, 0.6) is 0 Å². The lowest BCUT2D eigenvalue weighted by Crippen LogP contribution is -2.37. The zero-order valence-corrected chi connectivity index (χ0v) is 16.6. The van der Waals surface area contributed by atoms with Gasteiger partial charge in [0.1, 0.15) is 5.15 Å². The number of aromatic nitrogens is 1. The Balaban J connectivity index is 0.00000264. The highest BCUT2D eigenvalue weighted by Crippen LogP contribution is 2.10. The molecule has 0 radical (unpaired) electrons. The lowest BCUT2D eigenvalue weighted by atomic mass is 10.2. The molecule has 1 heterocycles. The van der Waals surface area contributed by atoms with Gasteiger partial charge in [0, 0.05) is 31.4 Å². The van der Waals surface area contributed by atoms with Crippen LogP contribution in [0.15, 0.2) is 47.6 Å². The first-order valence-electron chi connectivity index (χ1n) is 6.97. The molecule has 0 aliphatic rings. The van der Waals surface area contributed by atoms with E-state index in [2.05, 4.69) is 20.6 Å². The third kappa shape index (κ3) is 7.37. The van der Waals surface area contributed by atoms with Crippen LogP contribution < -0.4 is 10.6 Å². The van der Waals surface area contributed by atoms with Crippen LogP contribution in [-0.4, -0.2) is 24.5 Å². The molecule has 0 fully saturated rings. The number of hydrogen-bond donors (Lipinski definition) is 2. The molecule has 7 heteroatoms. The van der Waals surface area contributed by atoms with E-state index in [1.54, 1.807) is 19.3 Å². The number of pyridine rings is 1. The van der Waals surface area contributed by atoms with Crippen molar-refractivity contribution in [2.75, 3.05) is 13.6 Å². The maximum Gasteiger partial charge on any atom is 0.191 e. The van der Waals surface area contributed by atoms with Crippen LogP contribution in [0.4, 0.5) is 0 Å². The molecular formula is C16H19Cl2IN4. The monoisotopic (exact) mass is 464 g/mol. The van der Waals surface area contributed by atoms with Crippen LogP contribution >= 0.6 is 47.2 Å². The fourth-order valence-corrected chi connectivity index (χ4v) is 2.26. The minimum Gasteiger partial charge on any atom is -0.356 e. The van der Waals surface area contributed by atoms with Gasteiger partial charge in [0.2, 0.25) is 0 Å². The van der Waals surface area contributed by atoms with Gasteiger partial charge in [-0.05, 0) is 35.7 Å². The molecule has 1 aromatic carbocycles. The largest absolute Gasteiger partial charge is 0.356 e. The van der Waals surface area contributed by atoms with Gasteiger partial charge >= 0.3 is 0 Å². The van der Waals surface area contributed by atoms with E-state index in [4.69, 9.17) is 23.2 Å². The molecule has 2 N–H and O–H groups in total. The van der Waals surface area contributed by atoms with E-state index in [0.717, 1.165) is 35.1 Å². The second-order valence-corrected chi connectivity index (χ2v) is 5.55. The van der Waals surface area contributed by atoms with Crippen molar-refractivity contribution in [1.82, 2.24) is 15.6 Å². The van der Waals surface area contributed by atoms with Gasteiger partial charge in [0.05, 0.1) is 0 Å². The van der Waals surface area contributed by atoms with Crippen molar-refractivity contribution in [3.8, 4) is 0 Å². The van der Waals surface area contributed by atoms with E-state index in [-0.39, 0.29) is 24.0 Å². The van der Waals surface area contributed by atoms with Crippen LogP contribution in [0.25, 0.3) is 0 Å². The van der Waals surface area contributed by atoms with Gasteiger partial charge in [-0.15, -0.1) is 24.0 Å². The highest BCUT2D eigenvalue weighted by atomic mass is 127. The number of halogens is 3. The molecule has 23 heavy (non-hydrogen) atoms. The smallest absolute Gasteiger partial charge is 0.191 e. The molecule has 1 aromatic heterocycles. The number of nitrogens with one attached hydrogen (secondary N) is 2. The lowest BCUT2D eigenvalue weighted by Gasteiger charge is -2.12. The van der Waals surface area contributed by atoms with Crippen LogP contribution in [-0.2, 0) is 13.0 Å². The number of benzene rings is 1. The molecule has 0 unspecified atom stereocenters. The standard InChI is InChI=1S/C16H18Cl2N4.HI/c1-19-16(22-11-13-3-2-4-14(17)9-13)20-8-7-12-5-6-15(18)21-10-12;/h2-6,9-10H,7-8,11H2,1H3,(H2,19,20,22);1H. The highest BCUT2D eigenvalue weighted by molar-refractivity contribution is 14.0. The van der Waals surface area contributed by atoms with Crippen LogP contribution in [0.1, 0.15) is 11.1 Å². The van der Waals surface area contributed by atoms with E-state index < -0.39 is 0 Å². The van der Waals surface area contributed by atoms with Crippen molar-refractivity contribution >= 4 is 53.1 Å². The SMILES string of the molecule is CN=C(NCCc1ccc(Cl)nc1)NCc1cccc(Cl)c1.I. The number of guanidine groups is 1. The predicted octanol–water partition coefficient (Wildman–Crippen LogP) is 3.91. The molecular weight excluding hydrogens is 446 g/mol. The molecule has 0 saturated carbocycles. The second-order valence-electron chi connectivity index (χ2n) is 4.72.